The van der Waals surface area contributed by atoms with Crippen LogP contribution in [0, 0.1) is 6.92 Å². The summed E-state index contributed by atoms with van der Waals surface area (Å²) in [6, 6.07) is 12.9. The van der Waals surface area contributed by atoms with Crippen molar-refractivity contribution in [3.05, 3.63) is 53.9 Å². The number of rotatable bonds is 6. The molecule has 0 spiro atoms. The van der Waals surface area contributed by atoms with E-state index in [1.165, 1.54) is 5.56 Å². The lowest BCUT2D eigenvalue weighted by Gasteiger charge is -2.35. The summed E-state index contributed by atoms with van der Waals surface area (Å²) < 4.78 is 0. The molecular weight excluding hydrogens is 322 g/mol. The van der Waals surface area contributed by atoms with Crippen LogP contribution in [0.5, 0.6) is 0 Å². The fourth-order valence-corrected chi connectivity index (χ4v) is 3.15. The van der Waals surface area contributed by atoms with Gasteiger partial charge in [-0.3, -0.25) is 4.90 Å². The van der Waals surface area contributed by atoms with Crippen LogP contribution >= 0.6 is 0 Å². The molecule has 1 fully saturated rings. The van der Waals surface area contributed by atoms with Crippen molar-refractivity contribution in [2.75, 3.05) is 42.9 Å². The molecule has 1 aromatic carbocycles. The van der Waals surface area contributed by atoms with Crippen molar-refractivity contribution < 1.29 is 0 Å². The number of nitrogens with zero attached hydrogens (tertiary/aromatic N) is 4. The van der Waals surface area contributed by atoms with Gasteiger partial charge in [-0.05, 0) is 26.3 Å². The summed E-state index contributed by atoms with van der Waals surface area (Å²) in [6.45, 7) is 11.3. The molecule has 3 rings (SSSR count). The molecule has 2 heterocycles. The number of hydrogen-bond donors (Lipinski definition) is 1. The van der Waals surface area contributed by atoms with Crippen molar-refractivity contribution in [1.29, 1.82) is 0 Å². The van der Waals surface area contributed by atoms with Crippen LogP contribution in [0.15, 0.2) is 42.5 Å². The normalized spacial score (nSPS) is 15.8. The van der Waals surface area contributed by atoms with Crippen molar-refractivity contribution in [1.82, 2.24) is 14.9 Å². The highest BCUT2D eigenvalue weighted by atomic mass is 15.3. The molecule has 5 nitrogen and oxygen atoms in total. The Balaban J connectivity index is 1.53. The van der Waals surface area contributed by atoms with E-state index < -0.39 is 0 Å². The summed E-state index contributed by atoms with van der Waals surface area (Å²) in [5, 5.41) is 3.38. The highest BCUT2D eigenvalue weighted by Gasteiger charge is 2.18. The lowest BCUT2D eigenvalue weighted by molar-refractivity contribution is 0.283. The standard InChI is InChI=1S/C21H29N5/c1-17(2)22-20-16-21(24-18(3)23-20)26-14-12-25(13-15-26)11-7-10-19-8-5-4-6-9-19/h4-10,16-17H,11-15H2,1-3H3,(H,22,23,24)/b10-7+. The van der Waals surface area contributed by atoms with Crippen LogP contribution in [0.4, 0.5) is 11.6 Å². The first-order valence-electron chi connectivity index (χ1n) is 9.41. The van der Waals surface area contributed by atoms with Gasteiger partial charge in [0.1, 0.15) is 17.5 Å². The van der Waals surface area contributed by atoms with Gasteiger partial charge in [0.2, 0.25) is 0 Å². The molecule has 0 aliphatic carbocycles. The zero-order chi connectivity index (χ0) is 18.4. The second-order valence-electron chi connectivity index (χ2n) is 7.06. The molecule has 1 aliphatic rings. The zero-order valence-electron chi connectivity index (χ0n) is 16.0. The molecule has 1 aromatic heterocycles. The van der Waals surface area contributed by atoms with Crippen LogP contribution in [0.1, 0.15) is 25.2 Å². The monoisotopic (exact) mass is 351 g/mol. The molecule has 5 heteroatoms. The molecule has 0 unspecified atom stereocenters. The van der Waals surface area contributed by atoms with Gasteiger partial charge in [0.25, 0.3) is 0 Å². The van der Waals surface area contributed by atoms with Crippen molar-refractivity contribution >= 4 is 17.7 Å². The summed E-state index contributed by atoms with van der Waals surface area (Å²) in [4.78, 5) is 14.0. The minimum atomic E-state index is 0.366. The van der Waals surface area contributed by atoms with Gasteiger partial charge in [-0.25, -0.2) is 9.97 Å². The Hall–Kier alpha value is -2.40. The molecule has 0 saturated carbocycles. The molecule has 1 N–H and O–H groups in total. The highest BCUT2D eigenvalue weighted by molar-refractivity contribution is 5.50. The largest absolute Gasteiger partial charge is 0.368 e. The van der Waals surface area contributed by atoms with E-state index in [1.807, 2.05) is 13.0 Å². The molecule has 0 atom stereocenters. The SMILES string of the molecule is Cc1nc(NC(C)C)cc(N2CCN(C/C=C/c3ccccc3)CC2)n1. The first-order valence-corrected chi connectivity index (χ1v) is 9.41. The molecule has 1 aliphatic heterocycles. The summed E-state index contributed by atoms with van der Waals surface area (Å²) in [6.07, 6.45) is 4.45. The molecule has 138 valence electrons. The minimum Gasteiger partial charge on any atom is -0.368 e. The number of piperazine rings is 1. The Morgan fingerprint density at radius 1 is 1.08 bits per heavy atom. The van der Waals surface area contributed by atoms with E-state index in [0.29, 0.717) is 6.04 Å². The van der Waals surface area contributed by atoms with E-state index in [-0.39, 0.29) is 0 Å². The van der Waals surface area contributed by atoms with Crippen molar-refractivity contribution in [2.45, 2.75) is 26.8 Å². The average molecular weight is 351 g/mol. The van der Waals surface area contributed by atoms with Gasteiger partial charge in [-0.1, -0.05) is 42.5 Å². The second kappa shape index (κ2) is 8.81. The van der Waals surface area contributed by atoms with Crippen molar-refractivity contribution in [3.63, 3.8) is 0 Å². The maximum Gasteiger partial charge on any atom is 0.134 e. The fourth-order valence-electron chi connectivity index (χ4n) is 3.15. The van der Waals surface area contributed by atoms with Crippen LogP contribution in [-0.2, 0) is 0 Å². The molecule has 1 saturated heterocycles. The number of hydrogen-bond acceptors (Lipinski definition) is 5. The van der Waals surface area contributed by atoms with Gasteiger partial charge in [-0.2, -0.15) is 0 Å². The van der Waals surface area contributed by atoms with Crippen LogP contribution in [0.3, 0.4) is 0 Å². The van der Waals surface area contributed by atoms with E-state index in [2.05, 4.69) is 81.4 Å². The van der Waals surface area contributed by atoms with Crippen LogP contribution in [0.2, 0.25) is 0 Å². The summed E-state index contributed by atoms with van der Waals surface area (Å²) in [7, 11) is 0. The molecule has 0 bridgehead atoms. The smallest absolute Gasteiger partial charge is 0.134 e. The summed E-state index contributed by atoms with van der Waals surface area (Å²) in [5.41, 5.74) is 1.26. The first-order chi connectivity index (χ1) is 12.6. The zero-order valence-corrected chi connectivity index (χ0v) is 16.0. The summed E-state index contributed by atoms with van der Waals surface area (Å²) >= 11 is 0. The van der Waals surface area contributed by atoms with Gasteiger partial charge < -0.3 is 10.2 Å². The Morgan fingerprint density at radius 2 is 1.81 bits per heavy atom. The summed E-state index contributed by atoms with van der Waals surface area (Å²) in [5.74, 6) is 2.76. The number of aryl methyl sites for hydroxylation is 1. The van der Waals surface area contributed by atoms with Crippen molar-refractivity contribution in [3.8, 4) is 0 Å². The first kappa shape index (κ1) is 18.4. The van der Waals surface area contributed by atoms with E-state index >= 15 is 0 Å². The number of benzene rings is 1. The Bertz CT molecular complexity index is 718. The van der Waals surface area contributed by atoms with Gasteiger partial charge >= 0.3 is 0 Å². The van der Waals surface area contributed by atoms with E-state index in [0.717, 1.165) is 50.2 Å². The Morgan fingerprint density at radius 3 is 2.50 bits per heavy atom. The molecule has 26 heavy (non-hydrogen) atoms. The third-order valence-electron chi connectivity index (χ3n) is 4.43. The number of aromatic nitrogens is 2. The van der Waals surface area contributed by atoms with E-state index in [9.17, 15) is 0 Å². The third-order valence-corrected chi connectivity index (χ3v) is 4.43. The van der Waals surface area contributed by atoms with Gasteiger partial charge in [0, 0.05) is 44.8 Å². The lowest BCUT2D eigenvalue weighted by atomic mass is 10.2. The average Bonchev–Trinajstić information content (AvgIpc) is 2.62. The fraction of sp³-hybridized carbons (Fsp3) is 0.429. The Labute approximate surface area is 156 Å². The van der Waals surface area contributed by atoms with E-state index in [4.69, 9.17) is 0 Å². The highest BCUT2D eigenvalue weighted by Crippen LogP contribution is 2.18. The van der Waals surface area contributed by atoms with Crippen LogP contribution < -0.4 is 10.2 Å². The molecule has 0 radical (unpaired) electrons. The lowest BCUT2D eigenvalue weighted by Crippen LogP contribution is -2.46. The number of nitrogens with one attached hydrogen (secondary N) is 1. The predicted octanol–water partition coefficient (Wildman–Crippen LogP) is 3.44. The Kier molecular flexibility index (Phi) is 6.23. The third kappa shape index (κ3) is 5.30. The van der Waals surface area contributed by atoms with E-state index in [1.54, 1.807) is 0 Å². The van der Waals surface area contributed by atoms with Gasteiger partial charge in [-0.15, -0.1) is 0 Å². The predicted molar refractivity (Wildman–Crippen MR) is 110 cm³/mol. The molecule has 0 amide bonds. The van der Waals surface area contributed by atoms with Gasteiger partial charge in [0.15, 0.2) is 0 Å². The van der Waals surface area contributed by atoms with Gasteiger partial charge in [0.05, 0.1) is 0 Å². The maximum atomic E-state index is 4.63. The quantitative estimate of drug-likeness (QED) is 0.864. The second-order valence-corrected chi connectivity index (χ2v) is 7.06. The molecular formula is C21H29N5. The minimum absolute atomic E-state index is 0.366. The van der Waals surface area contributed by atoms with Crippen LogP contribution in [0.25, 0.3) is 6.08 Å². The molecule has 2 aromatic rings. The van der Waals surface area contributed by atoms with Crippen molar-refractivity contribution in [2.24, 2.45) is 0 Å². The number of anilines is 2. The maximum absolute atomic E-state index is 4.63. The topological polar surface area (TPSA) is 44.3 Å². The van der Waals surface area contributed by atoms with Crippen LogP contribution in [-0.4, -0.2) is 53.6 Å².